The third kappa shape index (κ3) is 2.61. The van der Waals surface area contributed by atoms with Crippen LogP contribution in [0.25, 0.3) is 0 Å². The molecule has 1 aliphatic heterocycles. The molecule has 1 aromatic rings. The number of halogens is 1. The number of nitrogens with zero attached hydrogens (tertiary/aromatic N) is 1. The number of hydrogen-bond donors (Lipinski definition) is 2. The van der Waals surface area contributed by atoms with Crippen LogP contribution < -0.4 is 11.1 Å². The molecule has 1 fully saturated rings. The summed E-state index contributed by atoms with van der Waals surface area (Å²) in [6.07, 6.45) is 0. The van der Waals surface area contributed by atoms with Gasteiger partial charge in [-0.1, -0.05) is 11.6 Å². The van der Waals surface area contributed by atoms with Crippen molar-refractivity contribution < 1.29 is 13.2 Å². The number of anilines is 1. The van der Waals surface area contributed by atoms with Gasteiger partial charge in [-0.15, -0.1) is 0 Å². The third-order valence-corrected chi connectivity index (χ3v) is 6.18. The number of nitrogens with two attached hydrogens (primary N) is 1. The molecule has 0 aliphatic carbocycles. The van der Waals surface area contributed by atoms with E-state index in [0.717, 1.165) is 0 Å². The van der Waals surface area contributed by atoms with E-state index in [1.54, 1.807) is 20.8 Å². The van der Waals surface area contributed by atoms with Crippen molar-refractivity contribution in [3.8, 4) is 0 Å². The number of amides is 1. The van der Waals surface area contributed by atoms with Crippen LogP contribution in [0.1, 0.15) is 19.4 Å². The Kier molecular flexibility index (Phi) is 3.94. The molecule has 116 valence electrons. The summed E-state index contributed by atoms with van der Waals surface area (Å²) in [4.78, 5) is 12.0. The van der Waals surface area contributed by atoms with Gasteiger partial charge in [0.15, 0.2) is 0 Å². The summed E-state index contributed by atoms with van der Waals surface area (Å²) in [5, 5.41) is 2.98. The smallest absolute Gasteiger partial charge is 0.244 e. The highest BCUT2D eigenvalue weighted by molar-refractivity contribution is 7.89. The summed E-state index contributed by atoms with van der Waals surface area (Å²) < 4.78 is 27.0. The fourth-order valence-electron chi connectivity index (χ4n) is 2.37. The number of piperazine rings is 1. The minimum Gasteiger partial charge on any atom is -0.397 e. The van der Waals surface area contributed by atoms with Crippen molar-refractivity contribution in [3.63, 3.8) is 0 Å². The largest absolute Gasteiger partial charge is 0.397 e. The number of rotatable bonds is 2. The maximum Gasteiger partial charge on any atom is 0.244 e. The van der Waals surface area contributed by atoms with E-state index in [4.69, 9.17) is 17.3 Å². The second kappa shape index (κ2) is 5.15. The number of nitrogen functional groups attached to an aromatic ring is 1. The molecule has 0 atom stereocenters. The molecule has 2 rings (SSSR count). The summed E-state index contributed by atoms with van der Waals surface area (Å²) >= 11 is 5.90. The van der Waals surface area contributed by atoms with Crippen molar-refractivity contribution in [2.45, 2.75) is 31.2 Å². The summed E-state index contributed by atoms with van der Waals surface area (Å²) in [5.41, 5.74) is 5.25. The summed E-state index contributed by atoms with van der Waals surface area (Å²) in [7, 11) is -3.84. The van der Waals surface area contributed by atoms with Crippen LogP contribution in [0.3, 0.4) is 0 Å². The number of sulfonamides is 1. The van der Waals surface area contributed by atoms with Gasteiger partial charge in [0.1, 0.15) is 5.54 Å². The lowest BCUT2D eigenvalue weighted by molar-refractivity contribution is -0.131. The maximum atomic E-state index is 12.9. The van der Waals surface area contributed by atoms with Crippen LogP contribution in [0.2, 0.25) is 5.02 Å². The summed E-state index contributed by atoms with van der Waals surface area (Å²) in [6, 6.07) is 2.86. The number of benzene rings is 1. The molecule has 8 heteroatoms. The molecule has 6 nitrogen and oxygen atoms in total. The Morgan fingerprint density at radius 1 is 1.38 bits per heavy atom. The number of hydrogen-bond acceptors (Lipinski definition) is 4. The van der Waals surface area contributed by atoms with Gasteiger partial charge in [0, 0.05) is 13.1 Å². The molecule has 1 heterocycles. The molecule has 0 bridgehead atoms. The number of nitrogens with one attached hydrogen (secondary N) is 1. The van der Waals surface area contributed by atoms with Gasteiger partial charge in [0.2, 0.25) is 15.9 Å². The van der Waals surface area contributed by atoms with Crippen LogP contribution in [0.15, 0.2) is 17.0 Å². The SMILES string of the molecule is Cc1cc(Cl)c(N)cc1S(=O)(=O)N1CCNC(=O)C1(C)C. The maximum absolute atomic E-state index is 12.9. The molecule has 0 spiro atoms. The van der Waals surface area contributed by atoms with E-state index in [0.29, 0.717) is 10.6 Å². The lowest BCUT2D eigenvalue weighted by atomic mass is 10.0. The van der Waals surface area contributed by atoms with E-state index in [2.05, 4.69) is 5.32 Å². The summed E-state index contributed by atoms with van der Waals surface area (Å²) in [5.74, 6) is -0.322. The minimum atomic E-state index is -3.84. The zero-order chi connectivity index (χ0) is 16.0. The molecule has 0 unspecified atom stereocenters. The van der Waals surface area contributed by atoms with E-state index in [-0.39, 0.29) is 29.6 Å². The van der Waals surface area contributed by atoms with Crippen molar-refractivity contribution in [2.24, 2.45) is 0 Å². The first kappa shape index (κ1) is 16.1. The molecular weight excluding hydrogens is 314 g/mol. The highest BCUT2D eigenvalue weighted by Crippen LogP contribution is 2.32. The number of carbonyl (C=O) groups is 1. The van der Waals surface area contributed by atoms with Gasteiger partial charge < -0.3 is 11.1 Å². The zero-order valence-corrected chi connectivity index (χ0v) is 13.7. The molecule has 1 aliphatic rings. The third-order valence-electron chi connectivity index (χ3n) is 3.64. The van der Waals surface area contributed by atoms with Crippen molar-refractivity contribution in [3.05, 3.63) is 22.7 Å². The van der Waals surface area contributed by atoms with E-state index in [9.17, 15) is 13.2 Å². The van der Waals surface area contributed by atoms with Gasteiger partial charge in [-0.25, -0.2) is 8.42 Å². The Balaban J connectivity index is 2.57. The second-order valence-electron chi connectivity index (χ2n) is 5.53. The zero-order valence-electron chi connectivity index (χ0n) is 12.1. The van der Waals surface area contributed by atoms with Crippen molar-refractivity contribution in [2.75, 3.05) is 18.8 Å². The average molecular weight is 332 g/mol. The highest BCUT2D eigenvalue weighted by atomic mass is 35.5. The van der Waals surface area contributed by atoms with E-state index < -0.39 is 15.6 Å². The first-order chi connectivity index (χ1) is 9.58. The van der Waals surface area contributed by atoms with Crippen LogP contribution in [-0.2, 0) is 14.8 Å². The molecule has 0 radical (unpaired) electrons. The molecule has 1 amide bonds. The Hall–Kier alpha value is -1.31. The molecule has 1 aromatic carbocycles. The van der Waals surface area contributed by atoms with Gasteiger partial charge >= 0.3 is 0 Å². The Morgan fingerprint density at radius 3 is 2.62 bits per heavy atom. The summed E-state index contributed by atoms with van der Waals surface area (Å²) in [6.45, 7) is 5.29. The fourth-order valence-corrected chi connectivity index (χ4v) is 4.58. The van der Waals surface area contributed by atoms with Gasteiger partial charge in [0.05, 0.1) is 15.6 Å². The number of carbonyl (C=O) groups excluding carboxylic acids is 1. The van der Waals surface area contributed by atoms with Gasteiger partial charge in [-0.2, -0.15) is 4.31 Å². The quantitative estimate of drug-likeness (QED) is 0.794. The predicted octanol–water partition coefficient (Wildman–Crippen LogP) is 1.13. The molecule has 3 N–H and O–H groups in total. The highest BCUT2D eigenvalue weighted by Gasteiger charge is 2.45. The van der Waals surface area contributed by atoms with E-state index >= 15 is 0 Å². The van der Waals surface area contributed by atoms with Gasteiger partial charge in [-0.05, 0) is 38.5 Å². The average Bonchev–Trinajstić information content (AvgIpc) is 2.36. The Labute approximate surface area is 129 Å². The molecular formula is C13H18ClN3O3S. The van der Waals surface area contributed by atoms with Crippen LogP contribution in [0.5, 0.6) is 0 Å². The van der Waals surface area contributed by atoms with Crippen LogP contribution in [-0.4, -0.2) is 37.3 Å². The minimum absolute atomic E-state index is 0.0761. The van der Waals surface area contributed by atoms with Crippen molar-refractivity contribution in [1.29, 1.82) is 0 Å². The van der Waals surface area contributed by atoms with Crippen LogP contribution in [0, 0.1) is 6.92 Å². The molecule has 21 heavy (non-hydrogen) atoms. The fraction of sp³-hybridized carbons (Fsp3) is 0.462. The Morgan fingerprint density at radius 2 is 2.00 bits per heavy atom. The topological polar surface area (TPSA) is 92.5 Å². The normalized spacial score (nSPS) is 19.3. The number of aryl methyl sites for hydroxylation is 1. The first-order valence-corrected chi connectivity index (χ1v) is 8.27. The lowest BCUT2D eigenvalue weighted by Crippen LogP contribution is -2.63. The Bertz CT molecular complexity index is 701. The molecule has 0 aromatic heterocycles. The van der Waals surface area contributed by atoms with E-state index in [1.165, 1.54) is 16.4 Å². The monoisotopic (exact) mass is 331 g/mol. The van der Waals surface area contributed by atoms with Crippen molar-refractivity contribution >= 4 is 33.2 Å². The molecule has 0 saturated carbocycles. The predicted molar refractivity (Wildman–Crippen MR) is 81.6 cm³/mol. The van der Waals surface area contributed by atoms with Crippen LogP contribution in [0.4, 0.5) is 5.69 Å². The van der Waals surface area contributed by atoms with Gasteiger partial charge in [-0.3, -0.25) is 4.79 Å². The van der Waals surface area contributed by atoms with Crippen LogP contribution >= 0.6 is 11.6 Å². The van der Waals surface area contributed by atoms with E-state index in [1.807, 2.05) is 0 Å². The lowest BCUT2D eigenvalue weighted by Gasteiger charge is -2.40. The van der Waals surface area contributed by atoms with Gasteiger partial charge in [0.25, 0.3) is 0 Å². The second-order valence-corrected chi connectivity index (χ2v) is 7.77. The van der Waals surface area contributed by atoms with Crippen molar-refractivity contribution in [1.82, 2.24) is 9.62 Å². The first-order valence-electron chi connectivity index (χ1n) is 6.45. The molecule has 1 saturated heterocycles. The standard InChI is InChI=1S/C13H18ClN3O3S/c1-8-6-9(14)10(15)7-11(8)21(19,20)17-5-4-16-12(18)13(17,2)3/h6-7H,4-5,15H2,1-3H3,(H,16,18).